The van der Waals surface area contributed by atoms with E-state index < -0.39 is 0 Å². The molecule has 1 aromatic heterocycles. The van der Waals surface area contributed by atoms with Gasteiger partial charge in [0, 0.05) is 6.61 Å². The molecule has 1 aromatic rings. The van der Waals surface area contributed by atoms with Crippen molar-refractivity contribution in [1.29, 1.82) is 0 Å². The molecule has 0 spiro atoms. The van der Waals surface area contributed by atoms with Gasteiger partial charge in [0.15, 0.2) is 5.82 Å². The van der Waals surface area contributed by atoms with E-state index >= 15 is 0 Å². The molecule has 1 saturated heterocycles. The van der Waals surface area contributed by atoms with Crippen molar-refractivity contribution >= 4 is 0 Å². The minimum Gasteiger partial charge on any atom is -0.380 e. The molecule has 0 aliphatic carbocycles. The Labute approximate surface area is 82.6 Å². The normalized spacial score (nSPS) is 27.9. The van der Waals surface area contributed by atoms with E-state index in [9.17, 15) is 0 Å². The fraction of sp³-hybridized carbons (Fsp3) is 0.778. The number of ether oxygens (including phenoxy) is 1. The van der Waals surface area contributed by atoms with Crippen LogP contribution in [0.5, 0.6) is 0 Å². The highest BCUT2D eigenvalue weighted by Crippen LogP contribution is 2.30. The maximum Gasteiger partial charge on any atom is 0.240 e. The molecule has 0 bridgehead atoms. The van der Waals surface area contributed by atoms with Gasteiger partial charge in [0.25, 0.3) is 0 Å². The largest absolute Gasteiger partial charge is 0.380 e. The summed E-state index contributed by atoms with van der Waals surface area (Å²) in [6.45, 7) is 3.88. The molecule has 1 aliphatic rings. The molecule has 1 unspecified atom stereocenters. The standard InChI is InChI=1S/C9H15N3O2/c1-9(3-2-4-13-6-9)8-11-7(5-10)14-12-8/h2-6,10H2,1H3. The zero-order valence-electron chi connectivity index (χ0n) is 8.32. The maximum absolute atomic E-state index is 5.43. The highest BCUT2D eigenvalue weighted by atomic mass is 16.5. The Hall–Kier alpha value is -0.940. The van der Waals surface area contributed by atoms with Gasteiger partial charge in [0.2, 0.25) is 5.89 Å². The summed E-state index contributed by atoms with van der Waals surface area (Å²) < 4.78 is 10.4. The van der Waals surface area contributed by atoms with Crippen molar-refractivity contribution in [2.24, 2.45) is 5.73 Å². The van der Waals surface area contributed by atoms with Gasteiger partial charge in [0.05, 0.1) is 18.6 Å². The van der Waals surface area contributed by atoms with Crippen LogP contribution in [-0.4, -0.2) is 23.4 Å². The minimum atomic E-state index is -0.102. The average molecular weight is 197 g/mol. The van der Waals surface area contributed by atoms with E-state index in [1.54, 1.807) is 0 Å². The van der Waals surface area contributed by atoms with Crippen LogP contribution >= 0.6 is 0 Å². The van der Waals surface area contributed by atoms with Crippen molar-refractivity contribution in [1.82, 2.24) is 10.1 Å². The highest BCUT2D eigenvalue weighted by Gasteiger charge is 2.34. The van der Waals surface area contributed by atoms with Gasteiger partial charge in [-0.3, -0.25) is 0 Å². The molecule has 0 aromatic carbocycles. The lowest BCUT2D eigenvalue weighted by Gasteiger charge is -2.29. The van der Waals surface area contributed by atoms with Crippen molar-refractivity contribution in [3.63, 3.8) is 0 Å². The molecule has 1 aliphatic heterocycles. The first kappa shape index (κ1) is 9.61. The van der Waals surface area contributed by atoms with Gasteiger partial charge in [-0.15, -0.1) is 0 Å². The molecule has 0 radical (unpaired) electrons. The Morgan fingerprint density at radius 1 is 1.57 bits per heavy atom. The van der Waals surface area contributed by atoms with Crippen LogP contribution in [-0.2, 0) is 16.7 Å². The molecular weight excluding hydrogens is 182 g/mol. The zero-order chi connectivity index (χ0) is 10.0. The topological polar surface area (TPSA) is 74.2 Å². The van der Waals surface area contributed by atoms with Crippen LogP contribution in [0.3, 0.4) is 0 Å². The molecule has 2 rings (SSSR count). The first-order chi connectivity index (χ1) is 6.74. The lowest BCUT2D eigenvalue weighted by atomic mass is 9.84. The number of aromatic nitrogens is 2. The third-order valence-electron chi connectivity index (χ3n) is 2.62. The Morgan fingerprint density at radius 2 is 2.43 bits per heavy atom. The molecule has 2 N–H and O–H groups in total. The molecule has 0 saturated carbocycles. The van der Waals surface area contributed by atoms with Gasteiger partial charge in [-0.25, -0.2) is 0 Å². The monoisotopic (exact) mass is 197 g/mol. The van der Waals surface area contributed by atoms with E-state index in [4.69, 9.17) is 15.0 Å². The lowest BCUT2D eigenvalue weighted by Crippen LogP contribution is -2.34. The molecule has 0 amide bonds. The summed E-state index contributed by atoms with van der Waals surface area (Å²) in [4.78, 5) is 4.24. The van der Waals surface area contributed by atoms with Crippen molar-refractivity contribution in [2.75, 3.05) is 13.2 Å². The second-order valence-corrected chi connectivity index (χ2v) is 3.93. The van der Waals surface area contributed by atoms with E-state index in [2.05, 4.69) is 17.1 Å². The summed E-state index contributed by atoms with van der Waals surface area (Å²) in [5, 5.41) is 3.94. The quantitative estimate of drug-likeness (QED) is 0.751. The summed E-state index contributed by atoms with van der Waals surface area (Å²) in [6, 6.07) is 0. The molecule has 2 heterocycles. The molecule has 5 heteroatoms. The molecule has 1 atom stereocenters. The summed E-state index contributed by atoms with van der Waals surface area (Å²) in [5.74, 6) is 1.21. The van der Waals surface area contributed by atoms with E-state index in [0.29, 0.717) is 19.0 Å². The summed E-state index contributed by atoms with van der Waals surface area (Å²) in [7, 11) is 0. The SMILES string of the molecule is CC1(c2noc(CN)n2)CCCOC1. The van der Waals surface area contributed by atoms with Crippen molar-refractivity contribution in [3.05, 3.63) is 11.7 Å². The van der Waals surface area contributed by atoms with Gasteiger partial charge in [-0.2, -0.15) is 4.98 Å². The Morgan fingerprint density at radius 3 is 3.00 bits per heavy atom. The smallest absolute Gasteiger partial charge is 0.240 e. The summed E-state index contributed by atoms with van der Waals surface area (Å²) in [5.41, 5.74) is 5.31. The molecular formula is C9H15N3O2. The Kier molecular flexibility index (Phi) is 2.52. The lowest BCUT2D eigenvalue weighted by molar-refractivity contribution is 0.0374. The van der Waals surface area contributed by atoms with Gasteiger partial charge < -0.3 is 15.0 Å². The van der Waals surface area contributed by atoms with Crippen molar-refractivity contribution < 1.29 is 9.26 Å². The van der Waals surface area contributed by atoms with Crippen LogP contribution in [0.1, 0.15) is 31.5 Å². The van der Waals surface area contributed by atoms with Gasteiger partial charge >= 0.3 is 0 Å². The van der Waals surface area contributed by atoms with Crippen LogP contribution in [0.4, 0.5) is 0 Å². The minimum absolute atomic E-state index is 0.102. The predicted octanol–water partition coefficient (Wildman–Crippen LogP) is 0.596. The number of rotatable bonds is 2. The van der Waals surface area contributed by atoms with E-state index in [1.807, 2.05) is 0 Å². The van der Waals surface area contributed by atoms with Gasteiger partial charge in [0.1, 0.15) is 0 Å². The fourth-order valence-electron chi connectivity index (χ4n) is 1.69. The number of hydrogen-bond donors (Lipinski definition) is 1. The first-order valence-corrected chi connectivity index (χ1v) is 4.85. The average Bonchev–Trinajstić information content (AvgIpc) is 2.67. The number of hydrogen-bond acceptors (Lipinski definition) is 5. The summed E-state index contributed by atoms with van der Waals surface area (Å²) >= 11 is 0. The van der Waals surface area contributed by atoms with Crippen LogP contribution in [0, 0.1) is 0 Å². The number of nitrogens with two attached hydrogens (primary N) is 1. The van der Waals surface area contributed by atoms with Gasteiger partial charge in [-0.05, 0) is 12.8 Å². The van der Waals surface area contributed by atoms with E-state index in [0.717, 1.165) is 25.3 Å². The van der Waals surface area contributed by atoms with Crippen LogP contribution in [0.15, 0.2) is 4.52 Å². The third kappa shape index (κ3) is 1.65. The van der Waals surface area contributed by atoms with E-state index in [1.165, 1.54) is 0 Å². The third-order valence-corrected chi connectivity index (χ3v) is 2.62. The number of nitrogens with zero attached hydrogens (tertiary/aromatic N) is 2. The van der Waals surface area contributed by atoms with Crippen molar-refractivity contribution in [2.45, 2.75) is 31.7 Å². The Bertz CT molecular complexity index is 305. The predicted molar refractivity (Wildman–Crippen MR) is 49.6 cm³/mol. The first-order valence-electron chi connectivity index (χ1n) is 4.85. The second kappa shape index (κ2) is 3.67. The molecule has 5 nitrogen and oxygen atoms in total. The van der Waals surface area contributed by atoms with E-state index in [-0.39, 0.29) is 5.41 Å². The van der Waals surface area contributed by atoms with Crippen LogP contribution < -0.4 is 5.73 Å². The fourth-order valence-corrected chi connectivity index (χ4v) is 1.69. The molecule has 1 fully saturated rings. The zero-order valence-corrected chi connectivity index (χ0v) is 8.32. The summed E-state index contributed by atoms with van der Waals surface area (Å²) in [6.07, 6.45) is 2.08. The molecule has 14 heavy (non-hydrogen) atoms. The van der Waals surface area contributed by atoms with Crippen molar-refractivity contribution in [3.8, 4) is 0 Å². The maximum atomic E-state index is 5.43. The Balaban J connectivity index is 2.19. The van der Waals surface area contributed by atoms with Gasteiger partial charge in [-0.1, -0.05) is 12.1 Å². The van der Waals surface area contributed by atoms with Crippen LogP contribution in [0.25, 0.3) is 0 Å². The highest BCUT2D eigenvalue weighted by molar-refractivity contribution is 5.06. The van der Waals surface area contributed by atoms with Crippen LogP contribution in [0.2, 0.25) is 0 Å². The second-order valence-electron chi connectivity index (χ2n) is 3.93. The molecule has 78 valence electrons.